The minimum absolute atomic E-state index is 0.0851. The second-order valence-corrected chi connectivity index (χ2v) is 4.93. The number of amides is 1. The largest absolute Gasteiger partial charge is 0.369 e. The summed E-state index contributed by atoms with van der Waals surface area (Å²) in [5, 5.41) is 13.5. The lowest BCUT2D eigenvalue weighted by Gasteiger charge is -2.34. The fourth-order valence-electron chi connectivity index (χ4n) is 2.23. The number of hydrogen-bond acceptors (Lipinski definition) is 5. The molecule has 0 bridgehead atoms. The quantitative estimate of drug-likeness (QED) is 0.666. The minimum Gasteiger partial charge on any atom is -0.369 e. The highest BCUT2D eigenvalue weighted by molar-refractivity contribution is 5.92. The van der Waals surface area contributed by atoms with Crippen LogP contribution in [-0.4, -0.2) is 49.0 Å². The molecule has 0 radical (unpaired) electrons. The fraction of sp³-hybridized carbons (Fsp3) is 0.462. The number of nitrogens with zero attached hydrogens (tertiary/aromatic N) is 3. The highest BCUT2D eigenvalue weighted by atomic mass is 16.6. The van der Waals surface area contributed by atoms with Crippen molar-refractivity contribution in [2.24, 2.45) is 0 Å². The zero-order chi connectivity index (χ0) is 14.7. The van der Waals surface area contributed by atoms with Gasteiger partial charge < -0.3 is 15.1 Å². The first-order valence-electron chi connectivity index (χ1n) is 6.47. The molecule has 1 aliphatic rings. The molecular formula is C13H18N4O3. The number of carbonyl (C=O) groups excluding carboxylic acids is 1. The molecule has 2 rings (SSSR count). The molecule has 108 valence electrons. The topological polar surface area (TPSA) is 78.7 Å². The van der Waals surface area contributed by atoms with E-state index in [-0.39, 0.29) is 17.3 Å². The third-order valence-electron chi connectivity index (χ3n) is 3.36. The third-order valence-corrected chi connectivity index (χ3v) is 3.36. The Kier molecular flexibility index (Phi) is 4.19. The zero-order valence-corrected chi connectivity index (χ0v) is 11.6. The van der Waals surface area contributed by atoms with Gasteiger partial charge in [-0.3, -0.25) is 14.9 Å². The van der Waals surface area contributed by atoms with Crippen LogP contribution in [0.1, 0.15) is 6.92 Å². The van der Waals surface area contributed by atoms with Gasteiger partial charge >= 0.3 is 0 Å². The van der Waals surface area contributed by atoms with Crippen LogP contribution in [0.2, 0.25) is 0 Å². The van der Waals surface area contributed by atoms with Gasteiger partial charge in [0.1, 0.15) is 5.69 Å². The van der Waals surface area contributed by atoms with Crippen molar-refractivity contribution in [1.29, 1.82) is 0 Å². The van der Waals surface area contributed by atoms with E-state index in [1.165, 1.54) is 13.0 Å². The van der Waals surface area contributed by atoms with Gasteiger partial charge in [-0.1, -0.05) is 0 Å². The van der Waals surface area contributed by atoms with Gasteiger partial charge in [0.2, 0.25) is 5.91 Å². The van der Waals surface area contributed by atoms with E-state index in [0.29, 0.717) is 0 Å². The minimum atomic E-state index is -0.487. The van der Waals surface area contributed by atoms with E-state index in [2.05, 4.69) is 22.2 Å². The van der Waals surface area contributed by atoms with Crippen LogP contribution in [0.4, 0.5) is 17.1 Å². The molecule has 20 heavy (non-hydrogen) atoms. The van der Waals surface area contributed by atoms with E-state index < -0.39 is 4.92 Å². The van der Waals surface area contributed by atoms with Gasteiger partial charge in [-0.05, 0) is 19.2 Å². The average Bonchev–Trinajstić information content (AvgIpc) is 2.38. The van der Waals surface area contributed by atoms with Crippen molar-refractivity contribution in [2.45, 2.75) is 6.92 Å². The van der Waals surface area contributed by atoms with Gasteiger partial charge in [0.05, 0.1) is 4.92 Å². The van der Waals surface area contributed by atoms with Crippen molar-refractivity contribution in [2.75, 3.05) is 43.4 Å². The average molecular weight is 278 g/mol. The standard InChI is InChI=1S/C13H18N4O3/c1-10(18)14-12-9-11(3-4-13(12)17(19)20)16-7-5-15(2)6-8-16/h3-4,9H,5-8H2,1-2H3,(H,14,18). The van der Waals surface area contributed by atoms with Crippen molar-refractivity contribution in [3.05, 3.63) is 28.3 Å². The molecule has 0 aliphatic carbocycles. The smallest absolute Gasteiger partial charge is 0.292 e. The Morgan fingerprint density at radius 2 is 1.95 bits per heavy atom. The molecule has 1 aliphatic heterocycles. The number of nitro benzene ring substituents is 1. The number of nitro groups is 1. The first-order chi connectivity index (χ1) is 9.47. The van der Waals surface area contributed by atoms with Crippen molar-refractivity contribution in [3.8, 4) is 0 Å². The molecule has 1 amide bonds. The van der Waals surface area contributed by atoms with Crippen LogP contribution in [0.5, 0.6) is 0 Å². The maximum atomic E-state index is 11.2. The summed E-state index contributed by atoms with van der Waals surface area (Å²) in [6.45, 7) is 4.98. The molecule has 1 saturated heterocycles. The maximum Gasteiger partial charge on any atom is 0.292 e. The monoisotopic (exact) mass is 278 g/mol. The summed E-state index contributed by atoms with van der Waals surface area (Å²) in [6.07, 6.45) is 0. The van der Waals surface area contributed by atoms with Crippen molar-refractivity contribution in [3.63, 3.8) is 0 Å². The van der Waals surface area contributed by atoms with Crippen LogP contribution in [-0.2, 0) is 4.79 Å². The van der Waals surface area contributed by atoms with Gasteiger partial charge in [-0.15, -0.1) is 0 Å². The van der Waals surface area contributed by atoms with Crippen LogP contribution in [0, 0.1) is 10.1 Å². The molecule has 0 saturated carbocycles. The lowest BCUT2D eigenvalue weighted by Crippen LogP contribution is -2.44. The lowest BCUT2D eigenvalue weighted by molar-refractivity contribution is -0.383. The molecule has 0 spiro atoms. The van der Waals surface area contributed by atoms with E-state index in [1.54, 1.807) is 12.1 Å². The summed E-state index contributed by atoms with van der Waals surface area (Å²) in [7, 11) is 2.07. The number of carbonyl (C=O) groups is 1. The number of likely N-dealkylation sites (N-methyl/N-ethyl adjacent to an activating group) is 1. The number of benzene rings is 1. The number of hydrogen-bond donors (Lipinski definition) is 1. The van der Waals surface area contributed by atoms with Crippen LogP contribution < -0.4 is 10.2 Å². The predicted molar refractivity (Wildman–Crippen MR) is 77.1 cm³/mol. The van der Waals surface area contributed by atoms with Crippen LogP contribution in [0.25, 0.3) is 0 Å². The number of nitrogens with one attached hydrogen (secondary N) is 1. The second-order valence-electron chi connectivity index (χ2n) is 4.93. The summed E-state index contributed by atoms with van der Waals surface area (Å²) in [5.41, 5.74) is 1.06. The van der Waals surface area contributed by atoms with Crippen molar-refractivity contribution < 1.29 is 9.72 Å². The molecule has 1 heterocycles. The van der Waals surface area contributed by atoms with E-state index in [0.717, 1.165) is 31.9 Å². The molecular weight excluding hydrogens is 260 g/mol. The molecule has 0 aromatic heterocycles. The normalized spacial score (nSPS) is 16.0. The van der Waals surface area contributed by atoms with E-state index >= 15 is 0 Å². The number of anilines is 2. The van der Waals surface area contributed by atoms with Gasteiger partial charge in [0.25, 0.3) is 5.69 Å². The second kappa shape index (κ2) is 5.87. The highest BCUT2D eigenvalue weighted by Gasteiger charge is 2.19. The molecule has 1 aromatic rings. The third kappa shape index (κ3) is 3.24. The molecule has 7 heteroatoms. The lowest BCUT2D eigenvalue weighted by atomic mass is 10.2. The Balaban J connectivity index is 2.26. The molecule has 0 atom stereocenters. The summed E-state index contributed by atoms with van der Waals surface area (Å²) in [6, 6.07) is 4.85. The first-order valence-corrected chi connectivity index (χ1v) is 6.47. The first kappa shape index (κ1) is 14.3. The SMILES string of the molecule is CC(=O)Nc1cc(N2CCN(C)CC2)ccc1[N+](=O)[O-]. The maximum absolute atomic E-state index is 11.2. The Morgan fingerprint density at radius 1 is 1.30 bits per heavy atom. The Hall–Kier alpha value is -2.15. The highest BCUT2D eigenvalue weighted by Crippen LogP contribution is 2.30. The molecule has 0 unspecified atom stereocenters. The van der Waals surface area contributed by atoms with Gasteiger partial charge in [-0.2, -0.15) is 0 Å². The van der Waals surface area contributed by atoms with E-state index in [9.17, 15) is 14.9 Å². The molecule has 1 N–H and O–H groups in total. The molecule has 1 aromatic carbocycles. The summed E-state index contributed by atoms with van der Waals surface area (Å²) in [5.74, 6) is -0.316. The van der Waals surface area contributed by atoms with Gasteiger partial charge in [0, 0.05) is 44.9 Å². The van der Waals surface area contributed by atoms with Gasteiger partial charge in [-0.25, -0.2) is 0 Å². The zero-order valence-electron chi connectivity index (χ0n) is 11.6. The van der Waals surface area contributed by atoms with E-state index in [4.69, 9.17) is 0 Å². The van der Waals surface area contributed by atoms with Crippen molar-refractivity contribution in [1.82, 2.24) is 4.90 Å². The number of rotatable bonds is 3. The number of piperazine rings is 1. The predicted octanol–water partition coefficient (Wildman–Crippen LogP) is 1.30. The Morgan fingerprint density at radius 3 is 2.50 bits per heavy atom. The Bertz CT molecular complexity index is 524. The van der Waals surface area contributed by atoms with Crippen LogP contribution in [0.3, 0.4) is 0 Å². The summed E-state index contributed by atoms with van der Waals surface area (Å²) >= 11 is 0. The van der Waals surface area contributed by atoms with Gasteiger partial charge in [0.15, 0.2) is 0 Å². The van der Waals surface area contributed by atoms with E-state index in [1.807, 2.05) is 0 Å². The Labute approximate surface area is 117 Å². The van der Waals surface area contributed by atoms with Crippen LogP contribution >= 0.6 is 0 Å². The van der Waals surface area contributed by atoms with Crippen LogP contribution in [0.15, 0.2) is 18.2 Å². The summed E-state index contributed by atoms with van der Waals surface area (Å²) < 4.78 is 0. The fourth-order valence-corrected chi connectivity index (χ4v) is 2.23. The molecule has 7 nitrogen and oxygen atoms in total. The van der Waals surface area contributed by atoms with Crippen molar-refractivity contribution >= 4 is 23.0 Å². The molecule has 1 fully saturated rings. The summed E-state index contributed by atoms with van der Waals surface area (Å²) in [4.78, 5) is 26.0.